The van der Waals surface area contributed by atoms with Crippen LogP contribution in [0.4, 0.5) is 6.01 Å². The molecule has 1 aliphatic carbocycles. The van der Waals surface area contributed by atoms with Gasteiger partial charge in [-0.1, -0.05) is 19.8 Å². The van der Waals surface area contributed by atoms with E-state index < -0.39 is 5.97 Å². The first-order valence-corrected chi connectivity index (χ1v) is 6.99. The molecule has 1 aromatic heterocycles. The van der Waals surface area contributed by atoms with Crippen molar-refractivity contribution >= 4 is 12.0 Å². The molecule has 0 N–H and O–H groups in total. The van der Waals surface area contributed by atoms with Gasteiger partial charge < -0.3 is 14.1 Å². The van der Waals surface area contributed by atoms with Crippen molar-refractivity contribution in [2.45, 2.75) is 45.6 Å². The smallest absolute Gasteiger partial charge is 0.360 e. The van der Waals surface area contributed by atoms with Crippen LogP contribution in [0.5, 0.6) is 0 Å². The lowest BCUT2D eigenvalue weighted by Gasteiger charge is -2.35. The Bertz CT molecular complexity index is 430. The number of ether oxygens (including phenoxy) is 1. The van der Waals surface area contributed by atoms with Crippen LogP contribution in [0.1, 0.15) is 50.0 Å². The number of rotatable bonds is 4. The molecule has 19 heavy (non-hydrogen) atoms. The Morgan fingerprint density at radius 2 is 2.26 bits per heavy atom. The fourth-order valence-electron chi connectivity index (χ4n) is 2.74. The first-order valence-electron chi connectivity index (χ1n) is 6.99. The minimum atomic E-state index is -0.428. The van der Waals surface area contributed by atoms with E-state index in [0.717, 1.165) is 6.42 Å². The first kappa shape index (κ1) is 13.9. The standard InChI is InChI=1S/C14H22N2O3/c1-4-18-13(17)11-9-19-14(15-11)16(3)12-8-6-5-7-10(12)2/h9-10,12H,4-8H2,1-3H3. The van der Waals surface area contributed by atoms with Crippen LogP contribution in [-0.4, -0.2) is 30.6 Å². The summed E-state index contributed by atoms with van der Waals surface area (Å²) in [5.74, 6) is 0.194. The minimum Gasteiger partial charge on any atom is -0.461 e. The summed E-state index contributed by atoms with van der Waals surface area (Å²) in [6.45, 7) is 4.38. The Morgan fingerprint density at radius 3 is 2.95 bits per heavy atom. The van der Waals surface area contributed by atoms with Gasteiger partial charge in [-0.2, -0.15) is 4.98 Å². The quantitative estimate of drug-likeness (QED) is 0.784. The van der Waals surface area contributed by atoms with Gasteiger partial charge in [0.1, 0.15) is 6.26 Å². The van der Waals surface area contributed by atoms with Crippen molar-refractivity contribution < 1.29 is 13.9 Å². The summed E-state index contributed by atoms with van der Waals surface area (Å²) in [5.41, 5.74) is 0.243. The van der Waals surface area contributed by atoms with Crippen LogP contribution in [0.2, 0.25) is 0 Å². The van der Waals surface area contributed by atoms with E-state index in [1.54, 1.807) is 6.92 Å². The van der Waals surface area contributed by atoms with Crippen LogP contribution in [0.25, 0.3) is 0 Å². The zero-order chi connectivity index (χ0) is 13.8. The highest BCUT2D eigenvalue weighted by Crippen LogP contribution is 2.30. The van der Waals surface area contributed by atoms with Crippen LogP contribution in [-0.2, 0) is 4.74 Å². The molecular weight excluding hydrogens is 244 g/mol. The Morgan fingerprint density at radius 1 is 1.53 bits per heavy atom. The highest BCUT2D eigenvalue weighted by molar-refractivity contribution is 5.87. The highest BCUT2D eigenvalue weighted by Gasteiger charge is 2.28. The number of oxazole rings is 1. The summed E-state index contributed by atoms with van der Waals surface area (Å²) in [6.07, 6.45) is 6.29. The molecule has 0 saturated heterocycles. The van der Waals surface area contributed by atoms with E-state index in [1.807, 2.05) is 11.9 Å². The fourth-order valence-corrected chi connectivity index (χ4v) is 2.74. The maximum Gasteiger partial charge on any atom is 0.360 e. The van der Waals surface area contributed by atoms with Gasteiger partial charge in [0.15, 0.2) is 5.69 Å². The predicted molar refractivity (Wildman–Crippen MR) is 72.3 cm³/mol. The molecule has 0 amide bonds. The SMILES string of the molecule is CCOC(=O)c1coc(N(C)C2CCCCC2C)n1. The Labute approximate surface area is 113 Å². The molecule has 2 unspecified atom stereocenters. The van der Waals surface area contributed by atoms with Crippen LogP contribution in [0, 0.1) is 5.92 Å². The molecule has 1 aromatic rings. The summed E-state index contributed by atoms with van der Waals surface area (Å²) >= 11 is 0. The Balaban J connectivity index is 2.06. The van der Waals surface area contributed by atoms with Crippen molar-refractivity contribution in [3.05, 3.63) is 12.0 Å². The van der Waals surface area contributed by atoms with Crippen LogP contribution in [0.3, 0.4) is 0 Å². The Hall–Kier alpha value is -1.52. The van der Waals surface area contributed by atoms with E-state index in [2.05, 4.69) is 11.9 Å². The molecule has 1 aliphatic rings. The molecule has 2 atom stereocenters. The number of nitrogens with zero attached hydrogens (tertiary/aromatic N) is 2. The number of anilines is 1. The van der Waals surface area contributed by atoms with Crippen molar-refractivity contribution in [1.82, 2.24) is 4.98 Å². The van der Waals surface area contributed by atoms with Gasteiger partial charge in [-0.15, -0.1) is 0 Å². The molecular formula is C14H22N2O3. The normalized spacial score (nSPS) is 23.1. The lowest BCUT2D eigenvalue weighted by atomic mass is 9.85. The van der Waals surface area contributed by atoms with Crippen LogP contribution >= 0.6 is 0 Å². The maximum atomic E-state index is 11.6. The molecule has 0 aliphatic heterocycles. The van der Waals surface area contributed by atoms with Crippen LogP contribution < -0.4 is 4.90 Å². The zero-order valence-electron chi connectivity index (χ0n) is 11.9. The topological polar surface area (TPSA) is 55.6 Å². The summed E-state index contributed by atoms with van der Waals surface area (Å²) in [4.78, 5) is 17.8. The highest BCUT2D eigenvalue weighted by atomic mass is 16.5. The summed E-state index contributed by atoms with van der Waals surface area (Å²) in [7, 11) is 1.98. The van der Waals surface area contributed by atoms with Crippen LogP contribution in [0.15, 0.2) is 10.7 Å². The average molecular weight is 266 g/mol. The summed E-state index contributed by atoms with van der Waals surface area (Å²) in [6, 6.07) is 0.934. The Kier molecular flexibility index (Phi) is 4.45. The van der Waals surface area contributed by atoms with Gasteiger partial charge >= 0.3 is 5.97 Å². The zero-order valence-corrected chi connectivity index (χ0v) is 11.9. The second-order valence-electron chi connectivity index (χ2n) is 5.18. The molecule has 106 valence electrons. The third-order valence-corrected chi connectivity index (χ3v) is 3.84. The predicted octanol–water partition coefficient (Wildman–Crippen LogP) is 2.87. The molecule has 5 nitrogen and oxygen atoms in total. The maximum absolute atomic E-state index is 11.6. The van der Waals surface area contributed by atoms with E-state index in [4.69, 9.17) is 9.15 Å². The molecule has 0 spiro atoms. The van der Waals surface area contributed by atoms with Gasteiger partial charge in [0.2, 0.25) is 0 Å². The van der Waals surface area contributed by atoms with Crippen molar-refractivity contribution in [1.29, 1.82) is 0 Å². The molecule has 0 aromatic carbocycles. The second kappa shape index (κ2) is 6.08. The number of carbonyl (C=O) groups is 1. The number of carbonyl (C=O) groups excluding carboxylic acids is 1. The van der Waals surface area contributed by atoms with Crippen molar-refractivity contribution in [3.8, 4) is 0 Å². The average Bonchev–Trinajstić information content (AvgIpc) is 2.88. The second-order valence-corrected chi connectivity index (χ2v) is 5.18. The molecule has 1 fully saturated rings. The number of hydrogen-bond donors (Lipinski definition) is 0. The van der Waals surface area contributed by atoms with Crippen molar-refractivity contribution in [3.63, 3.8) is 0 Å². The minimum absolute atomic E-state index is 0.243. The number of esters is 1. The first-order chi connectivity index (χ1) is 9.13. The molecule has 1 saturated carbocycles. The molecule has 0 radical (unpaired) electrons. The van der Waals surface area contributed by atoms with E-state index >= 15 is 0 Å². The van der Waals surface area contributed by atoms with Gasteiger partial charge in [0, 0.05) is 13.1 Å². The lowest BCUT2D eigenvalue weighted by Crippen LogP contribution is -2.39. The number of aromatic nitrogens is 1. The summed E-state index contributed by atoms with van der Waals surface area (Å²) < 4.78 is 10.3. The molecule has 1 heterocycles. The van der Waals surface area contributed by atoms with Crippen molar-refractivity contribution in [2.24, 2.45) is 5.92 Å². The molecule has 0 bridgehead atoms. The molecule has 2 rings (SSSR count). The number of hydrogen-bond acceptors (Lipinski definition) is 5. The third-order valence-electron chi connectivity index (χ3n) is 3.84. The van der Waals surface area contributed by atoms with Gasteiger partial charge in [0.25, 0.3) is 6.01 Å². The van der Waals surface area contributed by atoms with Gasteiger partial charge in [0.05, 0.1) is 6.61 Å². The lowest BCUT2D eigenvalue weighted by molar-refractivity contribution is 0.0519. The fraction of sp³-hybridized carbons (Fsp3) is 0.714. The molecule has 5 heteroatoms. The van der Waals surface area contributed by atoms with Gasteiger partial charge in [-0.25, -0.2) is 4.79 Å². The van der Waals surface area contributed by atoms with E-state index in [0.29, 0.717) is 24.6 Å². The van der Waals surface area contributed by atoms with Gasteiger partial charge in [-0.05, 0) is 25.7 Å². The van der Waals surface area contributed by atoms with E-state index in [-0.39, 0.29) is 5.69 Å². The summed E-state index contributed by atoms with van der Waals surface area (Å²) in [5, 5.41) is 0. The third kappa shape index (κ3) is 3.08. The van der Waals surface area contributed by atoms with E-state index in [9.17, 15) is 4.79 Å². The monoisotopic (exact) mass is 266 g/mol. The van der Waals surface area contributed by atoms with Gasteiger partial charge in [-0.3, -0.25) is 0 Å². The van der Waals surface area contributed by atoms with E-state index in [1.165, 1.54) is 25.5 Å². The largest absolute Gasteiger partial charge is 0.461 e. The van der Waals surface area contributed by atoms with Crippen molar-refractivity contribution in [2.75, 3.05) is 18.6 Å².